The molecule has 2 aromatic heterocycles. The number of para-hydroxylation sites is 1. The van der Waals surface area contributed by atoms with Gasteiger partial charge in [-0.25, -0.2) is 0 Å². The third kappa shape index (κ3) is 2.11. The first-order chi connectivity index (χ1) is 9.24. The molecule has 0 aliphatic heterocycles. The lowest BCUT2D eigenvalue weighted by Gasteiger charge is -2.06. The normalized spacial score (nSPS) is 10.5. The van der Waals surface area contributed by atoms with Gasteiger partial charge in [-0.1, -0.05) is 18.2 Å². The molecule has 19 heavy (non-hydrogen) atoms. The highest BCUT2D eigenvalue weighted by molar-refractivity contribution is 5.93. The van der Waals surface area contributed by atoms with Crippen molar-refractivity contribution in [3.63, 3.8) is 0 Å². The molecule has 6 nitrogen and oxygen atoms in total. The van der Waals surface area contributed by atoms with Crippen molar-refractivity contribution >= 4 is 16.6 Å². The molecule has 0 saturated heterocycles. The fraction of sp³-hybridized carbons (Fsp3) is 0. The number of fused-ring (bicyclic) bond motifs is 1. The van der Waals surface area contributed by atoms with E-state index < -0.39 is 0 Å². The maximum Gasteiger partial charge on any atom is 0.325 e. The molecule has 3 aromatic rings. The fourth-order valence-electron chi connectivity index (χ4n) is 1.71. The van der Waals surface area contributed by atoms with E-state index in [4.69, 9.17) is 10.5 Å². The molecule has 0 bridgehead atoms. The molecular weight excluding hydrogens is 244 g/mol. The molecule has 0 saturated carbocycles. The molecule has 0 aliphatic carbocycles. The van der Waals surface area contributed by atoms with Crippen LogP contribution in [-0.4, -0.2) is 20.1 Å². The summed E-state index contributed by atoms with van der Waals surface area (Å²) in [6.45, 7) is 0. The van der Waals surface area contributed by atoms with E-state index in [1.54, 1.807) is 12.1 Å². The largest absolute Gasteiger partial charge is 0.493 e. The topological polar surface area (TPSA) is 94.2 Å². The Kier molecular flexibility index (Phi) is 2.60. The Morgan fingerprint density at radius 2 is 1.84 bits per heavy atom. The highest BCUT2D eigenvalue weighted by Crippen LogP contribution is 2.29. The van der Waals surface area contributed by atoms with Crippen LogP contribution in [0.1, 0.15) is 0 Å². The van der Waals surface area contributed by atoms with Crippen LogP contribution >= 0.6 is 0 Å². The number of benzene rings is 1. The van der Waals surface area contributed by atoms with Crippen molar-refractivity contribution in [2.24, 2.45) is 0 Å². The van der Waals surface area contributed by atoms with E-state index in [9.17, 15) is 5.11 Å². The van der Waals surface area contributed by atoms with Crippen LogP contribution in [0.3, 0.4) is 0 Å². The van der Waals surface area contributed by atoms with Crippen LogP contribution in [0, 0.1) is 0 Å². The quantitative estimate of drug-likeness (QED) is 0.727. The smallest absolute Gasteiger partial charge is 0.325 e. The zero-order chi connectivity index (χ0) is 13.2. The van der Waals surface area contributed by atoms with Gasteiger partial charge < -0.3 is 15.6 Å². The van der Waals surface area contributed by atoms with E-state index in [2.05, 4.69) is 15.0 Å². The summed E-state index contributed by atoms with van der Waals surface area (Å²) in [5, 5.41) is 10.2. The van der Waals surface area contributed by atoms with Crippen molar-refractivity contribution in [2.75, 3.05) is 5.73 Å². The van der Waals surface area contributed by atoms with Crippen molar-refractivity contribution < 1.29 is 9.84 Å². The Labute approximate surface area is 108 Å². The van der Waals surface area contributed by atoms with Gasteiger partial charge in [-0.2, -0.15) is 9.97 Å². The Hall–Kier alpha value is -2.89. The SMILES string of the molecule is Nc1cncc2nc(Oc3ccccc3)nc(O)c12. The van der Waals surface area contributed by atoms with Crippen LogP contribution in [0.4, 0.5) is 5.69 Å². The Morgan fingerprint density at radius 1 is 1.05 bits per heavy atom. The number of aromatic nitrogens is 3. The number of hydrogen-bond acceptors (Lipinski definition) is 6. The molecule has 0 unspecified atom stereocenters. The molecule has 0 spiro atoms. The Bertz CT molecular complexity index is 731. The summed E-state index contributed by atoms with van der Waals surface area (Å²) in [6, 6.07) is 9.11. The van der Waals surface area contributed by atoms with Crippen molar-refractivity contribution in [3.8, 4) is 17.6 Å². The van der Waals surface area contributed by atoms with Crippen LogP contribution in [-0.2, 0) is 0 Å². The van der Waals surface area contributed by atoms with Gasteiger partial charge in [0.15, 0.2) is 0 Å². The number of nitrogen functional groups attached to an aromatic ring is 1. The first kappa shape index (κ1) is 11.2. The number of hydrogen-bond donors (Lipinski definition) is 2. The second kappa shape index (κ2) is 4.41. The predicted molar refractivity (Wildman–Crippen MR) is 69.9 cm³/mol. The van der Waals surface area contributed by atoms with Crippen LogP contribution in [0.15, 0.2) is 42.7 Å². The van der Waals surface area contributed by atoms with Gasteiger partial charge >= 0.3 is 6.01 Å². The van der Waals surface area contributed by atoms with Crippen molar-refractivity contribution in [1.29, 1.82) is 0 Å². The minimum absolute atomic E-state index is 0.0450. The van der Waals surface area contributed by atoms with Gasteiger partial charge in [0.25, 0.3) is 0 Å². The standard InChI is InChI=1S/C13H10N4O2/c14-9-6-15-7-10-11(9)12(18)17-13(16-10)19-8-4-2-1-3-5-8/h1-7H,14H2,(H,16,17,18). The molecule has 94 valence electrons. The van der Waals surface area contributed by atoms with E-state index in [1.165, 1.54) is 12.4 Å². The van der Waals surface area contributed by atoms with E-state index in [0.717, 1.165) is 0 Å². The van der Waals surface area contributed by atoms with E-state index in [0.29, 0.717) is 22.3 Å². The number of nitrogens with two attached hydrogens (primary N) is 1. The molecule has 0 aliphatic rings. The lowest BCUT2D eigenvalue weighted by Crippen LogP contribution is -1.96. The average Bonchev–Trinajstić information content (AvgIpc) is 2.39. The molecule has 0 radical (unpaired) electrons. The van der Waals surface area contributed by atoms with Gasteiger partial charge in [0.1, 0.15) is 11.3 Å². The summed E-state index contributed by atoms with van der Waals surface area (Å²) in [4.78, 5) is 11.9. The zero-order valence-electron chi connectivity index (χ0n) is 9.82. The lowest BCUT2D eigenvalue weighted by molar-refractivity contribution is 0.412. The number of aromatic hydroxyl groups is 1. The van der Waals surface area contributed by atoms with Crippen molar-refractivity contribution in [1.82, 2.24) is 15.0 Å². The van der Waals surface area contributed by atoms with E-state index in [-0.39, 0.29) is 11.9 Å². The van der Waals surface area contributed by atoms with Crippen LogP contribution < -0.4 is 10.5 Å². The minimum Gasteiger partial charge on any atom is -0.493 e. The molecule has 2 heterocycles. The zero-order valence-corrected chi connectivity index (χ0v) is 9.82. The van der Waals surface area contributed by atoms with Gasteiger partial charge in [0, 0.05) is 0 Å². The molecule has 1 aromatic carbocycles. The number of ether oxygens (including phenoxy) is 1. The second-order valence-electron chi connectivity index (χ2n) is 3.87. The van der Waals surface area contributed by atoms with Gasteiger partial charge in [-0.3, -0.25) is 4.98 Å². The maximum absolute atomic E-state index is 9.87. The first-order valence-corrected chi connectivity index (χ1v) is 5.57. The number of pyridine rings is 1. The molecule has 3 rings (SSSR count). The van der Waals surface area contributed by atoms with Crippen molar-refractivity contribution in [2.45, 2.75) is 0 Å². The fourth-order valence-corrected chi connectivity index (χ4v) is 1.71. The van der Waals surface area contributed by atoms with E-state index in [1.807, 2.05) is 18.2 Å². The van der Waals surface area contributed by atoms with Gasteiger partial charge in [-0.05, 0) is 12.1 Å². The number of anilines is 1. The summed E-state index contributed by atoms with van der Waals surface area (Å²) in [5.74, 6) is 0.356. The Morgan fingerprint density at radius 3 is 2.63 bits per heavy atom. The minimum atomic E-state index is -0.226. The number of rotatable bonds is 2. The third-order valence-electron chi connectivity index (χ3n) is 2.55. The third-order valence-corrected chi connectivity index (χ3v) is 2.55. The average molecular weight is 254 g/mol. The second-order valence-corrected chi connectivity index (χ2v) is 3.87. The molecule has 6 heteroatoms. The Balaban J connectivity index is 2.07. The van der Waals surface area contributed by atoms with Gasteiger partial charge in [0.05, 0.1) is 23.5 Å². The monoisotopic (exact) mass is 254 g/mol. The predicted octanol–water partition coefficient (Wildman–Crippen LogP) is 2.10. The lowest BCUT2D eigenvalue weighted by atomic mass is 10.2. The highest BCUT2D eigenvalue weighted by atomic mass is 16.5. The summed E-state index contributed by atoms with van der Waals surface area (Å²) in [6.07, 6.45) is 2.92. The maximum atomic E-state index is 9.87. The summed E-state index contributed by atoms with van der Waals surface area (Å²) < 4.78 is 5.46. The summed E-state index contributed by atoms with van der Waals surface area (Å²) >= 11 is 0. The molecule has 3 N–H and O–H groups in total. The molecule has 0 amide bonds. The highest BCUT2D eigenvalue weighted by Gasteiger charge is 2.11. The molecule has 0 atom stereocenters. The van der Waals surface area contributed by atoms with Gasteiger partial charge in [-0.15, -0.1) is 0 Å². The first-order valence-electron chi connectivity index (χ1n) is 5.57. The van der Waals surface area contributed by atoms with Crippen LogP contribution in [0.2, 0.25) is 0 Å². The van der Waals surface area contributed by atoms with Crippen LogP contribution in [0.5, 0.6) is 17.6 Å². The number of nitrogens with zero attached hydrogens (tertiary/aromatic N) is 3. The van der Waals surface area contributed by atoms with E-state index >= 15 is 0 Å². The molecule has 0 fully saturated rings. The molecular formula is C13H10N4O2. The summed E-state index contributed by atoms with van der Waals surface area (Å²) in [7, 11) is 0. The van der Waals surface area contributed by atoms with Gasteiger partial charge in [0.2, 0.25) is 5.88 Å². The van der Waals surface area contributed by atoms with Crippen molar-refractivity contribution in [3.05, 3.63) is 42.7 Å². The van der Waals surface area contributed by atoms with Crippen LogP contribution in [0.25, 0.3) is 10.9 Å². The summed E-state index contributed by atoms with van der Waals surface area (Å²) in [5.41, 5.74) is 6.47.